The van der Waals surface area contributed by atoms with Crippen LogP contribution >= 0.6 is 0 Å². The molecule has 0 aromatic carbocycles. The summed E-state index contributed by atoms with van der Waals surface area (Å²) < 4.78 is 0. The van der Waals surface area contributed by atoms with E-state index in [9.17, 15) is 4.79 Å². The Morgan fingerprint density at radius 3 is 2.75 bits per heavy atom. The molecule has 1 aliphatic carbocycles. The lowest BCUT2D eigenvalue weighted by molar-refractivity contribution is -0.132. The van der Waals surface area contributed by atoms with Crippen molar-refractivity contribution in [1.82, 2.24) is 5.48 Å². The maximum absolute atomic E-state index is 10.8. The molecule has 1 N–H and O–H groups in total. The van der Waals surface area contributed by atoms with Crippen LogP contribution in [-0.4, -0.2) is 12.0 Å². The molecule has 0 radical (unpaired) electrons. The average molecular weight is 167 g/mol. The van der Waals surface area contributed by atoms with Crippen molar-refractivity contribution in [3.05, 3.63) is 0 Å². The second-order valence-corrected chi connectivity index (χ2v) is 2.83. The Morgan fingerprint density at radius 2 is 2.17 bits per heavy atom. The molecule has 1 fully saturated rings. The number of carbonyl (C=O) groups excluding carboxylic acids is 1. The van der Waals surface area contributed by atoms with E-state index in [4.69, 9.17) is 4.84 Å². The summed E-state index contributed by atoms with van der Waals surface area (Å²) in [5.74, 6) is 4.49. The van der Waals surface area contributed by atoms with Gasteiger partial charge in [-0.15, -0.1) is 0 Å². The first-order valence-electron chi connectivity index (χ1n) is 4.21. The molecule has 0 unspecified atom stereocenters. The van der Waals surface area contributed by atoms with Crippen molar-refractivity contribution in [2.24, 2.45) is 0 Å². The van der Waals surface area contributed by atoms with Gasteiger partial charge in [0.05, 0.1) is 6.10 Å². The van der Waals surface area contributed by atoms with Gasteiger partial charge in [0, 0.05) is 0 Å². The van der Waals surface area contributed by atoms with E-state index in [0.717, 1.165) is 12.8 Å². The number of nitrogens with one attached hydrogen (secondary N) is 1. The summed E-state index contributed by atoms with van der Waals surface area (Å²) in [5, 5.41) is 0. The minimum atomic E-state index is -0.357. The van der Waals surface area contributed by atoms with Gasteiger partial charge in [-0.1, -0.05) is 18.8 Å². The van der Waals surface area contributed by atoms with E-state index in [1.165, 1.54) is 12.8 Å². The third-order valence-electron chi connectivity index (χ3n) is 1.86. The maximum atomic E-state index is 10.8. The number of rotatable bonds is 2. The largest absolute Gasteiger partial charge is 0.319 e. The topological polar surface area (TPSA) is 38.3 Å². The molecular weight excluding hydrogens is 154 g/mol. The van der Waals surface area contributed by atoms with Crippen molar-refractivity contribution < 1.29 is 9.63 Å². The van der Waals surface area contributed by atoms with Crippen LogP contribution in [0.25, 0.3) is 0 Å². The fourth-order valence-electron chi connectivity index (χ4n) is 1.28. The van der Waals surface area contributed by atoms with Crippen LogP contribution in [0, 0.1) is 11.8 Å². The van der Waals surface area contributed by atoms with Crippen LogP contribution in [0.4, 0.5) is 0 Å². The Bertz CT molecular complexity index is 208. The Morgan fingerprint density at radius 1 is 1.50 bits per heavy atom. The fraction of sp³-hybridized carbons (Fsp3) is 0.667. The molecule has 0 saturated heterocycles. The zero-order valence-electron chi connectivity index (χ0n) is 7.22. The normalized spacial score (nSPS) is 16.8. The lowest BCUT2D eigenvalue weighted by Crippen LogP contribution is -2.26. The first-order chi connectivity index (χ1) is 5.83. The van der Waals surface area contributed by atoms with Crippen molar-refractivity contribution >= 4 is 5.91 Å². The van der Waals surface area contributed by atoms with E-state index in [-0.39, 0.29) is 12.0 Å². The van der Waals surface area contributed by atoms with Gasteiger partial charge in [-0.3, -0.25) is 9.63 Å². The summed E-state index contributed by atoms with van der Waals surface area (Å²) in [4.78, 5) is 15.9. The Labute approximate surface area is 72.4 Å². The molecular formula is C9H13NO2. The summed E-state index contributed by atoms with van der Waals surface area (Å²) >= 11 is 0. The molecule has 0 aromatic heterocycles. The van der Waals surface area contributed by atoms with Gasteiger partial charge in [-0.2, -0.15) is 0 Å². The molecule has 3 heteroatoms. The van der Waals surface area contributed by atoms with E-state index in [1.807, 2.05) is 0 Å². The SMILES string of the molecule is CC#CC(=O)NOC1CCCC1. The van der Waals surface area contributed by atoms with E-state index >= 15 is 0 Å². The van der Waals surface area contributed by atoms with Gasteiger partial charge in [-0.05, 0) is 25.7 Å². The van der Waals surface area contributed by atoms with Crippen LogP contribution < -0.4 is 5.48 Å². The summed E-state index contributed by atoms with van der Waals surface area (Å²) in [7, 11) is 0. The highest BCUT2D eigenvalue weighted by Gasteiger charge is 2.16. The minimum Gasteiger partial charge on any atom is -0.270 e. The Balaban J connectivity index is 2.14. The molecule has 0 heterocycles. The van der Waals surface area contributed by atoms with E-state index in [1.54, 1.807) is 6.92 Å². The van der Waals surface area contributed by atoms with Gasteiger partial charge in [0.1, 0.15) is 0 Å². The highest BCUT2D eigenvalue weighted by molar-refractivity contribution is 5.92. The molecule has 0 atom stereocenters. The van der Waals surface area contributed by atoms with Gasteiger partial charge in [-0.25, -0.2) is 5.48 Å². The number of amides is 1. The zero-order valence-corrected chi connectivity index (χ0v) is 7.22. The minimum absolute atomic E-state index is 0.201. The van der Waals surface area contributed by atoms with Crippen LogP contribution in [0.2, 0.25) is 0 Å². The molecule has 1 saturated carbocycles. The first-order valence-corrected chi connectivity index (χ1v) is 4.21. The number of hydroxylamine groups is 1. The number of hydrogen-bond acceptors (Lipinski definition) is 2. The Kier molecular flexibility index (Phi) is 3.62. The standard InChI is InChI=1S/C9H13NO2/c1-2-5-9(11)10-12-8-6-3-4-7-8/h8H,3-4,6-7H2,1H3,(H,10,11). The highest BCUT2D eigenvalue weighted by Crippen LogP contribution is 2.19. The molecule has 1 aliphatic rings. The molecule has 0 aliphatic heterocycles. The van der Waals surface area contributed by atoms with Gasteiger partial charge in [0.25, 0.3) is 0 Å². The second kappa shape index (κ2) is 4.78. The second-order valence-electron chi connectivity index (χ2n) is 2.83. The van der Waals surface area contributed by atoms with E-state index < -0.39 is 0 Å². The summed E-state index contributed by atoms with van der Waals surface area (Å²) in [6, 6.07) is 0. The summed E-state index contributed by atoms with van der Waals surface area (Å²) in [5.41, 5.74) is 2.31. The van der Waals surface area contributed by atoms with Gasteiger partial charge < -0.3 is 0 Å². The fourth-order valence-corrected chi connectivity index (χ4v) is 1.28. The van der Waals surface area contributed by atoms with Crippen LogP contribution in [0.5, 0.6) is 0 Å². The van der Waals surface area contributed by atoms with Crippen molar-refractivity contribution in [3.63, 3.8) is 0 Å². The van der Waals surface area contributed by atoms with Gasteiger partial charge >= 0.3 is 5.91 Å². The predicted molar refractivity (Wildman–Crippen MR) is 44.9 cm³/mol. The third kappa shape index (κ3) is 2.93. The Hall–Kier alpha value is -1.01. The molecule has 1 rings (SSSR count). The van der Waals surface area contributed by atoms with Crippen LogP contribution in [-0.2, 0) is 9.63 Å². The smallest absolute Gasteiger partial charge is 0.270 e. The molecule has 3 nitrogen and oxygen atoms in total. The van der Waals surface area contributed by atoms with Crippen molar-refractivity contribution in [3.8, 4) is 11.8 Å². The van der Waals surface area contributed by atoms with Crippen LogP contribution in [0.1, 0.15) is 32.6 Å². The monoisotopic (exact) mass is 167 g/mol. The highest BCUT2D eigenvalue weighted by atomic mass is 16.7. The zero-order chi connectivity index (χ0) is 8.81. The molecule has 0 bridgehead atoms. The van der Waals surface area contributed by atoms with Crippen LogP contribution in [0.3, 0.4) is 0 Å². The maximum Gasteiger partial charge on any atom is 0.319 e. The first kappa shape index (κ1) is 9.08. The molecule has 66 valence electrons. The molecule has 0 spiro atoms. The number of hydrogen-bond donors (Lipinski definition) is 1. The predicted octanol–water partition coefficient (Wildman–Crippen LogP) is 1.00. The van der Waals surface area contributed by atoms with Crippen molar-refractivity contribution in [2.45, 2.75) is 38.7 Å². The van der Waals surface area contributed by atoms with Crippen LogP contribution in [0.15, 0.2) is 0 Å². The third-order valence-corrected chi connectivity index (χ3v) is 1.86. The van der Waals surface area contributed by atoms with E-state index in [2.05, 4.69) is 17.3 Å². The number of carbonyl (C=O) groups is 1. The average Bonchev–Trinajstić information content (AvgIpc) is 2.53. The van der Waals surface area contributed by atoms with Gasteiger partial charge in [0.2, 0.25) is 0 Å². The summed E-state index contributed by atoms with van der Waals surface area (Å²) in [6.07, 6.45) is 4.67. The van der Waals surface area contributed by atoms with E-state index in [0.29, 0.717) is 0 Å². The lowest BCUT2D eigenvalue weighted by Gasteiger charge is -2.08. The van der Waals surface area contributed by atoms with Crippen molar-refractivity contribution in [2.75, 3.05) is 0 Å². The van der Waals surface area contributed by atoms with Crippen molar-refractivity contribution in [1.29, 1.82) is 0 Å². The van der Waals surface area contributed by atoms with Gasteiger partial charge in [0.15, 0.2) is 0 Å². The molecule has 0 aromatic rings. The quantitative estimate of drug-likeness (QED) is 0.492. The lowest BCUT2D eigenvalue weighted by atomic mass is 10.3. The molecule has 1 amide bonds. The molecule has 12 heavy (non-hydrogen) atoms. The summed E-state index contributed by atoms with van der Waals surface area (Å²) in [6.45, 7) is 1.62.